The second kappa shape index (κ2) is 9.72. The minimum absolute atomic E-state index is 0.113. The Balaban J connectivity index is 2.33. The first-order valence-electron chi connectivity index (χ1n) is 6.63. The van der Waals surface area contributed by atoms with Gasteiger partial charge in [0, 0.05) is 26.1 Å². The van der Waals surface area contributed by atoms with E-state index in [0.29, 0.717) is 19.6 Å². The van der Waals surface area contributed by atoms with Crippen molar-refractivity contribution in [3.63, 3.8) is 0 Å². The normalized spacial score (nSPS) is 13.7. The average molecular weight is 300 g/mol. The molecule has 0 amide bonds. The van der Waals surface area contributed by atoms with Gasteiger partial charge in [-0.3, -0.25) is 4.84 Å². The molecule has 0 fully saturated rings. The number of rotatable bonds is 9. The Morgan fingerprint density at radius 3 is 2.75 bits per heavy atom. The summed E-state index contributed by atoms with van der Waals surface area (Å²) in [6.07, 6.45) is 2.17. The fourth-order valence-electron chi connectivity index (χ4n) is 1.84. The maximum Gasteiger partial charge on any atom is 0.145 e. The van der Waals surface area contributed by atoms with E-state index in [1.54, 1.807) is 5.06 Å². The highest BCUT2D eigenvalue weighted by molar-refractivity contribution is 6.65. The predicted molar refractivity (Wildman–Crippen MR) is 80.8 cm³/mol. The van der Waals surface area contributed by atoms with Crippen LogP contribution in [0.5, 0.6) is 0 Å². The summed E-state index contributed by atoms with van der Waals surface area (Å²) in [4.78, 5) is 5.71. The van der Waals surface area contributed by atoms with Crippen molar-refractivity contribution in [1.29, 1.82) is 0 Å². The molecule has 0 spiro atoms. The van der Waals surface area contributed by atoms with E-state index in [0.717, 1.165) is 18.4 Å². The molecule has 3 N–H and O–H groups in total. The Morgan fingerprint density at radius 1 is 1.45 bits per heavy atom. The molecule has 0 saturated carbocycles. The quantitative estimate of drug-likeness (QED) is 0.418. The third-order valence-electron chi connectivity index (χ3n) is 3.09. The van der Waals surface area contributed by atoms with Gasteiger partial charge in [-0.05, 0) is 18.4 Å². The number of hydroxylamine groups is 2. The molecule has 1 atom stereocenters. The van der Waals surface area contributed by atoms with E-state index in [2.05, 4.69) is 5.16 Å². The summed E-state index contributed by atoms with van der Waals surface area (Å²) in [5, 5.41) is 13.4. The van der Waals surface area contributed by atoms with E-state index in [9.17, 15) is 0 Å². The van der Waals surface area contributed by atoms with E-state index in [1.807, 2.05) is 37.4 Å². The van der Waals surface area contributed by atoms with Crippen molar-refractivity contribution in [3.8, 4) is 0 Å². The van der Waals surface area contributed by atoms with Crippen LogP contribution in [-0.2, 0) is 11.4 Å². The summed E-state index contributed by atoms with van der Waals surface area (Å²) < 4.78 is 0. The van der Waals surface area contributed by atoms with Crippen molar-refractivity contribution in [2.75, 3.05) is 13.6 Å². The molecular weight excluding hydrogens is 278 g/mol. The van der Waals surface area contributed by atoms with Crippen molar-refractivity contribution >= 4 is 16.8 Å². The first kappa shape index (κ1) is 16.9. The third kappa shape index (κ3) is 6.34. The van der Waals surface area contributed by atoms with E-state index in [4.69, 9.17) is 27.4 Å². The fourth-order valence-corrected chi connectivity index (χ4v) is 1.97. The summed E-state index contributed by atoms with van der Waals surface area (Å²) in [6.45, 7) is 1.02. The van der Waals surface area contributed by atoms with Gasteiger partial charge in [0.2, 0.25) is 0 Å². The molecule has 0 saturated heterocycles. The number of benzene rings is 1. The van der Waals surface area contributed by atoms with Crippen LogP contribution >= 0.6 is 11.6 Å². The second-order valence-corrected chi connectivity index (χ2v) is 5.00. The van der Waals surface area contributed by atoms with E-state index in [-0.39, 0.29) is 11.2 Å². The van der Waals surface area contributed by atoms with Gasteiger partial charge in [0.15, 0.2) is 0 Å². The van der Waals surface area contributed by atoms with E-state index in [1.165, 1.54) is 0 Å². The Bertz CT molecular complexity index is 401. The predicted octanol–water partition coefficient (Wildman–Crippen LogP) is 2.57. The maximum absolute atomic E-state index is 8.47. The summed E-state index contributed by atoms with van der Waals surface area (Å²) in [6, 6.07) is 10.1. The van der Waals surface area contributed by atoms with Gasteiger partial charge >= 0.3 is 0 Å². The Kier molecular flexibility index (Phi) is 8.22. The highest BCUT2D eigenvalue weighted by Crippen LogP contribution is 2.10. The lowest BCUT2D eigenvalue weighted by Gasteiger charge is -2.26. The SMILES string of the molecule is CN(OCc1ccccc1)[C@@H](CN)CCC/C(Cl)=N/O. The number of hydrogen-bond donors (Lipinski definition) is 2. The molecule has 0 aliphatic carbocycles. The van der Waals surface area contributed by atoms with Crippen LogP contribution in [0.25, 0.3) is 0 Å². The Labute approximate surface area is 124 Å². The zero-order chi connectivity index (χ0) is 14.8. The average Bonchev–Trinajstić information content (AvgIpc) is 2.50. The highest BCUT2D eigenvalue weighted by Gasteiger charge is 2.14. The molecular formula is C14H22ClN3O2. The van der Waals surface area contributed by atoms with Crippen LogP contribution in [-0.4, -0.2) is 35.1 Å². The van der Waals surface area contributed by atoms with Gasteiger partial charge in [0.05, 0.1) is 6.61 Å². The molecule has 112 valence electrons. The molecule has 0 aromatic heterocycles. The number of nitrogens with zero attached hydrogens (tertiary/aromatic N) is 2. The van der Waals surface area contributed by atoms with Gasteiger partial charge in [0.1, 0.15) is 5.17 Å². The van der Waals surface area contributed by atoms with Crippen molar-refractivity contribution in [2.24, 2.45) is 10.9 Å². The van der Waals surface area contributed by atoms with E-state index < -0.39 is 0 Å². The van der Waals surface area contributed by atoms with E-state index >= 15 is 0 Å². The van der Waals surface area contributed by atoms with Crippen LogP contribution in [0.1, 0.15) is 24.8 Å². The number of likely N-dealkylation sites (N-methyl/N-ethyl adjacent to an activating group) is 1. The topological polar surface area (TPSA) is 71.1 Å². The Hall–Kier alpha value is -1.14. The maximum atomic E-state index is 8.47. The first-order chi connectivity index (χ1) is 9.67. The highest BCUT2D eigenvalue weighted by atomic mass is 35.5. The van der Waals surface area contributed by atoms with Crippen LogP contribution in [0.4, 0.5) is 0 Å². The molecule has 0 heterocycles. The lowest BCUT2D eigenvalue weighted by Crippen LogP contribution is -2.37. The van der Waals surface area contributed by atoms with Gasteiger partial charge in [-0.2, -0.15) is 5.06 Å². The molecule has 1 aromatic rings. The van der Waals surface area contributed by atoms with Crippen molar-refractivity contribution in [3.05, 3.63) is 35.9 Å². The minimum Gasteiger partial charge on any atom is -0.410 e. The van der Waals surface area contributed by atoms with Gasteiger partial charge < -0.3 is 10.9 Å². The molecule has 0 aliphatic rings. The van der Waals surface area contributed by atoms with Crippen LogP contribution in [0.15, 0.2) is 35.5 Å². The number of oxime groups is 1. The van der Waals surface area contributed by atoms with Gasteiger partial charge in [-0.1, -0.05) is 47.1 Å². The number of halogens is 1. The standard InChI is InChI=1S/C14H22ClN3O2/c1-18(20-11-12-6-3-2-4-7-12)13(10-16)8-5-9-14(15)17-19/h2-4,6-7,13,19H,5,8-11,16H2,1H3/b17-14-/t13-/m1/s1. The molecule has 0 radical (unpaired) electrons. The molecule has 0 aliphatic heterocycles. The lowest BCUT2D eigenvalue weighted by atomic mass is 10.1. The Morgan fingerprint density at radius 2 is 2.15 bits per heavy atom. The molecule has 0 unspecified atom stereocenters. The summed E-state index contributed by atoms with van der Waals surface area (Å²) in [5.41, 5.74) is 6.87. The molecule has 20 heavy (non-hydrogen) atoms. The monoisotopic (exact) mass is 299 g/mol. The lowest BCUT2D eigenvalue weighted by molar-refractivity contribution is -0.177. The van der Waals surface area contributed by atoms with Crippen LogP contribution in [0.2, 0.25) is 0 Å². The van der Waals surface area contributed by atoms with Crippen LogP contribution in [0, 0.1) is 0 Å². The van der Waals surface area contributed by atoms with Crippen molar-refractivity contribution < 1.29 is 10.0 Å². The van der Waals surface area contributed by atoms with Crippen molar-refractivity contribution in [2.45, 2.75) is 31.9 Å². The molecule has 1 rings (SSSR count). The minimum atomic E-state index is 0.113. The largest absolute Gasteiger partial charge is 0.410 e. The third-order valence-corrected chi connectivity index (χ3v) is 3.36. The van der Waals surface area contributed by atoms with Crippen LogP contribution in [0.3, 0.4) is 0 Å². The molecule has 0 bridgehead atoms. The summed E-state index contributed by atoms with van der Waals surface area (Å²) in [5.74, 6) is 0. The summed E-state index contributed by atoms with van der Waals surface area (Å²) >= 11 is 5.64. The molecule has 6 heteroatoms. The summed E-state index contributed by atoms with van der Waals surface area (Å²) in [7, 11) is 1.88. The second-order valence-electron chi connectivity index (χ2n) is 4.56. The molecule has 1 aromatic carbocycles. The zero-order valence-corrected chi connectivity index (χ0v) is 12.5. The zero-order valence-electron chi connectivity index (χ0n) is 11.7. The fraction of sp³-hybridized carbons (Fsp3) is 0.500. The van der Waals surface area contributed by atoms with Gasteiger partial charge in [0.25, 0.3) is 0 Å². The number of hydrogen-bond acceptors (Lipinski definition) is 5. The van der Waals surface area contributed by atoms with Crippen molar-refractivity contribution in [1.82, 2.24) is 5.06 Å². The number of nitrogens with two attached hydrogens (primary N) is 1. The molecule has 5 nitrogen and oxygen atoms in total. The van der Waals surface area contributed by atoms with Gasteiger partial charge in [-0.25, -0.2) is 0 Å². The first-order valence-corrected chi connectivity index (χ1v) is 7.01. The smallest absolute Gasteiger partial charge is 0.145 e. The van der Waals surface area contributed by atoms with Gasteiger partial charge in [-0.15, -0.1) is 0 Å². The van der Waals surface area contributed by atoms with Crippen LogP contribution < -0.4 is 5.73 Å².